The smallest absolute Gasteiger partial charge is 0.255 e. The highest BCUT2D eigenvalue weighted by Crippen LogP contribution is 2.37. The second-order valence-corrected chi connectivity index (χ2v) is 11.7. The lowest BCUT2D eigenvalue weighted by Crippen LogP contribution is -2.19. The molecule has 5 aromatic rings. The van der Waals surface area contributed by atoms with Gasteiger partial charge in [0.15, 0.2) is 5.13 Å². The van der Waals surface area contributed by atoms with Gasteiger partial charge in [-0.2, -0.15) is 0 Å². The molecule has 5 nitrogen and oxygen atoms in total. The molecular weight excluding hydrogens is 581 g/mol. The number of aryl methyl sites for hydroxylation is 1. The Morgan fingerprint density at radius 2 is 1.57 bits per heavy atom. The molecule has 0 saturated carbocycles. The molecule has 5 rings (SSSR count). The summed E-state index contributed by atoms with van der Waals surface area (Å²) in [6.07, 6.45) is 0. The first kappa shape index (κ1) is 27.9. The van der Waals surface area contributed by atoms with E-state index in [4.69, 9.17) is 23.2 Å². The van der Waals surface area contributed by atoms with Crippen LogP contribution in [0.1, 0.15) is 26.7 Å². The topological polar surface area (TPSA) is 71.1 Å². The molecule has 0 spiro atoms. The number of benzene rings is 4. The van der Waals surface area contributed by atoms with Crippen molar-refractivity contribution in [2.45, 2.75) is 17.1 Å². The largest absolute Gasteiger partial charge is 0.322 e. The van der Waals surface area contributed by atoms with E-state index in [0.717, 1.165) is 21.6 Å². The molecule has 4 aromatic carbocycles. The van der Waals surface area contributed by atoms with Gasteiger partial charge in [0.1, 0.15) is 5.25 Å². The van der Waals surface area contributed by atoms with Gasteiger partial charge in [0.25, 0.3) is 5.91 Å². The molecule has 0 aliphatic carbocycles. The van der Waals surface area contributed by atoms with Crippen molar-refractivity contribution in [3.63, 3.8) is 0 Å². The van der Waals surface area contributed by atoms with Crippen molar-refractivity contribution < 1.29 is 9.59 Å². The van der Waals surface area contributed by atoms with E-state index in [2.05, 4.69) is 15.6 Å². The van der Waals surface area contributed by atoms with Gasteiger partial charge in [-0.05, 0) is 60.5 Å². The van der Waals surface area contributed by atoms with Crippen LogP contribution in [0.2, 0.25) is 10.0 Å². The van der Waals surface area contributed by atoms with Crippen molar-refractivity contribution in [3.05, 3.63) is 129 Å². The van der Waals surface area contributed by atoms with Crippen molar-refractivity contribution in [2.75, 3.05) is 10.6 Å². The van der Waals surface area contributed by atoms with Crippen molar-refractivity contribution in [1.29, 1.82) is 0 Å². The van der Waals surface area contributed by atoms with Crippen LogP contribution in [0.4, 0.5) is 10.8 Å². The van der Waals surface area contributed by atoms with Crippen molar-refractivity contribution >= 4 is 68.9 Å². The lowest BCUT2D eigenvalue weighted by atomic mass is 10.1. The molecule has 0 aliphatic heterocycles. The molecule has 0 fully saturated rings. The summed E-state index contributed by atoms with van der Waals surface area (Å²) < 4.78 is 0. The summed E-state index contributed by atoms with van der Waals surface area (Å²) in [5, 5.41) is 8.65. The number of nitrogens with zero attached hydrogens (tertiary/aromatic N) is 1. The molecule has 2 amide bonds. The highest BCUT2D eigenvalue weighted by atomic mass is 35.5. The molecule has 9 heteroatoms. The van der Waals surface area contributed by atoms with E-state index in [0.29, 0.717) is 32.1 Å². The maximum atomic E-state index is 13.5. The first-order valence-electron chi connectivity index (χ1n) is 12.3. The van der Waals surface area contributed by atoms with Gasteiger partial charge in [-0.3, -0.25) is 9.59 Å². The van der Waals surface area contributed by atoms with Gasteiger partial charge in [-0.15, -0.1) is 23.1 Å². The summed E-state index contributed by atoms with van der Waals surface area (Å²) in [4.78, 5) is 31.6. The number of hydrogen-bond donors (Lipinski definition) is 2. The Bertz CT molecular complexity index is 1660. The zero-order valence-electron chi connectivity index (χ0n) is 21.2. The normalized spacial score (nSPS) is 11.6. The standard InChI is InChI=1S/C31H23Cl2N3O2S2/c1-19-7-5-6-10-24(19)29(37)34-22-12-14-23(15-13-22)40-28(20-8-3-2-4-9-20)30(38)36-31-35-27(18-39-31)21-11-16-25(32)26(33)17-21/h2-18,28H,1H3,(H,34,37)(H,35,36,38). The Balaban J connectivity index is 1.30. The summed E-state index contributed by atoms with van der Waals surface area (Å²) in [5.41, 5.74) is 4.60. The number of nitrogens with one attached hydrogen (secondary N) is 2. The second-order valence-electron chi connectivity index (χ2n) is 8.86. The fourth-order valence-corrected chi connectivity index (χ4v) is 6.02. The van der Waals surface area contributed by atoms with E-state index in [9.17, 15) is 9.59 Å². The number of amides is 2. The summed E-state index contributed by atoms with van der Waals surface area (Å²) in [5.74, 6) is -0.355. The van der Waals surface area contributed by atoms with E-state index in [1.54, 1.807) is 18.2 Å². The monoisotopic (exact) mass is 603 g/mol. The molecule has 40 heavy (non-hydrogen) atoms. The van der Waals surface area contributed by atoms with Gasteiger partial charge in [0, 0.05) is 27.1 Å². The predicted octanol–water partition coefficient (Wildman–Crippen LogP) is 9.15. The maximum Gasteiger partial charge on any atom is 0.255 e. The second kappa shape index (κ2) is 12.7. The molecule has 0 saturated heterocycles. The molecular formula is C31H23Cl2N3O2S2. The molecule has 2 N–H and O–H groups in total. The minimum atomic E-state index is -0.522. The maximum absolute atomic E-state index is 13.5. The Hall–Kier alpha value is -3.62. The van der Waals surface area contributed by atoms with E-state index in [1.165, 1.54) is 23.1 Å². The lowest BCUT2D eigenvalue weighted by Gasteiger charge is -2.16. The van der Waals surface area contributed by atoms with Crippen molar-refractivity contribution in [2.24, 2.45) is 0 Å². The highest BCUT2D eigenvalue weighted by Gasteiger charge is 2.23. The van der Waals surface area contributed by atoms with Crippen LogP contribution in [-0.2, 0) is 4.79 Å². The van der Waals surface area contributed by atoms with Gasteiger partial charge in [-0.25, -0.2) is 4.98 Å². The highest BCUT2D eigenvalue weighted by molar-refractivity contribution is 8.00. The van der Waals surface area contributed by atoms with Crippen LogP contribution in [0.15, 0.2) is 107 Å². The van der Waals surface area contributed by atoms with Crippen LogP contribution in [-0.4, -0.2) is 16.8 Å². The number of halogens is 2. The predicted molar refractivity (Wildman–Crippen MR) is 167 cm³/mol. The molecule has 1 heterocycles. The van der Waals surface area contributed by atoms with Gasteiger partial charge < -0.3 is 10.6 Å². The zero-order chi connectivity index (χ0) is 28.1. The SMILES string of the molecule is Cc1ccccc1C(=O)Nc1ccc(SC(C(=O)Nc2nc(-c3ccc(Cl)c(Cl)c3)cs2)c2ccccc2)cc1. The third kappa shape index (κ3) is 6.74. The number of carbonyl (C=O) groups is 2. The van der Waals surface area contributed by atoms with E-state index in [1.807, 2.05) is 91.2 Å². The average Bonchev–Trinajstić information content (AvgIpc) is 3.43. The minimum absolute atomic E-state index is 0.163. The Morgan fingerprint density at radius 3 is 2.30 bits per heavy atom. The van der Waals surface area contributed by atoms with Gasteiger partial charge in [-0.1, -0.05) is 77.8 Å². The molecule has 1 aromatic heterocycles. The van der Waals surface area contributed by atoms with Crippen LogP contribution in [0.3, 0.4) is 0 Å². The number of rotatable bonds is 8. The number of thioether (sulfide) groups is 1. The molecule has 0 radical (unpaired) electrons. The third-order valence-corrected chi connectivity index (χ3v) is 8.81. The fourth-order valence-electron chi connectivity index (χ4n) is 3.97. The van der Waals surface area contributed by atoms with Gasteiger partial charge in [0.2, 0.25) is 5.91 Å². The zero-order valence-corrected chi connectivity index (χ0v) is 24.4. The average molecular weight is 605 g/mol. The fraction of sp³-hybridized carbons (Fsp3) is 0.0645. The first-order chi connectivity index (χ1) is 19.4. The number of hydrogen-bond acceptors (Lipinski definition) is 5. The number of aromatic nitrogens is 1. The number of carbonyl (C=O) groups excluding carboxylic acids is 2. The summed E-state index contributed by atoms with van der Waals surface area (Å²) >= 11 is 15.0. The Labute approximate surface area is 250 Å². The molecule has 0 bridgehead atoms. The molecule has 200 valence electrons. The Morgan fingerprint density at radius 1 is 0.850 bits per heavy atom. The van der Waals surface area contributed by atoms with Crippen LogP contribution in [0.5, 0.6) is 0 Å². The van der Waals surface area contributed by atoms with E-state index < -0.39 is 5.25 Å². The quantitative estimate of drug-likeness (QED) is 0.173. The van der Waals surface area contributed by atoms with Crippen LogP contribution in [0, 0.1) is 6.92 Å². The number of thiazole rings is 1. The van der Waals surface area contributed by atoms with Crippen LogP contribution in [0.25, 0.3) is 11.3 Å². The summed E-state index contributed by atoms with van der Waals surface area (Å²) in [6.45, 7) is 1.91. The third-order valence-electron chi connectivity index (χ3n) is 6.05. The van der Waals surface area contributed by atoms with Crippen LogP contribution >= 0.6 is 46.3 Å². The minimum Gasteiger partial charge on any atom is -0.322 e. The van der Waals surface area contributed by atoms with E-state index in [-0.39, 0.29) is 11.8 Å². The van der Waals surface area contributed by atoms with Crippen molar-refractivity contribution in [1.82, 2.24) is 4.98 Å². The molecule has 1 atom stereocenters. The summed E-state index contributed by atoms with van der Waals surface area (Å²) in [6, 6.07) is 29.8. The Kier molecular flexibility index (Phi) is 8.87. The summed E-state index contributed by atoms with van der Waals surface area (Å²) in [7, 11) is 0. The van der Waals surface area contributed by atoms with Gasteiger partial charge in [0.05, 0.1) is 15.7 Å². The van der Waals surface area contributed by atoms with Crippen LogP contribution < -0.4 is 10.6 Å². The van der Waals surface area contributed by atoms with Gasteiger partial charge >= 0.3 is 0 Å². The first-order valence-corrected chi connectivity index (χ1v) is 14.8. The number of anilines is 2. The lowest BCUT2D eigenvalue weighted by molar-refractivity contribution is -0.115. The van der Waals surface area contributed by atoms with E-state index >= 15 is 0 Å². The van der Waals surface area contributed by atoms with Crippen molar-refractivity contribution in [3.8, 4) is 11.3 Å². The molecule has 1 unspecified atom stereocenters. The molecule has 0 aliphatic rings.